The second-order valence-electron chi connectivity index (χ2n) is 11.5. The summed E-state index contributed by atoms with van der Waals surface area (Å²) in [5.41, 5.74) is 0.935. The molecule has 0 spiro atoms. The van der Waals surface area contributed by atoms with Crippen LogP contribution in [0.3, 0.4) is 0 Å². The molecule has 0 amide bonds. The second kappa shape index (κ2) is 8.73. The van der Waals surface area contributed by atoms with Crippen LogP contribution < -0.4 is 31.4 Å². The van der Waals surface area contributed by atoms with Crippen molar-refractivity contribution in [1.82, 2.24) is 25.1 Å². The van der Waals surface area contributed by atoms with Gasteiger partial charge in [-0.2, -0.15) is 0 Å². The fourth-order valence-corrected chi connectivity index (χ4v) is 9.37. The molecule has 10 nitrogen and oxygen atoms in total. The van der Waals surface area contributed by atoms with Crippen molar-refractivity contribution in [3.05, 3.63) is 3.83 Å². The van der Waals surface area contributed by atoms with Crippen molar-refractivity contribution < 1.29 is 41.6 Å². The quantitative estimate of drug-likeness (QED) is 0.193. The zero-order valence-electron chi connectivity index (χ0n) is 20.5. The van der Waals surface area contributed by atoms with Gasteiger partial charge in [0.25, 0.3) is 0 Å². The summed E-state index contributed by atoms with van der Waals surface area (Å²) >= 11 is -0.585. The van der Waals surface area contributed by atoms with E-state index in [1.165, 1.54) is 0 Å². The molecule has 1 aromatic rings. The van der Waals surface area contributed by atoms with Gasteiger partial charge in [-0.15, -0.1) is 0 Å². The number of nitrogens with one attached hydrogen (secondary N) is 1. The Hall–Kier alpha value is -0.860. The van der Waals surface area contributed by atoms with Crippen LogP contribution in [-0.2, 0) is 0 Å². The molecule has 3 rings (SSSR count). The minimum atomic E-state index is -0.585. The first-order valence-electron chi connectivity index (χ1n) is 11.1. The predicted molar refractivity (Wildman–Crippen MR) is 118 cm³/mol. The fraction of sp³-hybridized carbons (Fsp3) is 0.857. The van der Waals surface area contributed by atoms with Gasteiger partial charge in [0.15, 0.2) is 0 Å². The minimum absolute atomic E-state index is 0.0950. The monoisotopic (exact) mass is 567 g/mol. The number of anilines is 1. The molecule has 2 aliphatic rings. The zero-order valence-corrected chi connectivity index (χ0v) is 22.6. The summed E-state index contributed by atoms with van der Waals surface area (Å²) in [6.45, 7) is 16.6. The number of aromatic nitrogens is 3. The Balaban J connectivity index is 1.79. The Labute approximate surface area is 200 Å². The van der Waals surface area contributed by atoms with Gasteiger partial charge >= 0.3 is 201 Å². The summed E-state index contributed by atoms with van der Waals surface area (Å²) in [5, 5.41) is 29.8. The molecule has 0 aromatic carbocycles. The van der Waals surface area contributed by atoms with Crippen LogP contribution in [0.2, 0.25) is 0 Å². The third-order valence-electron chi connectivity index (χ3n) is 6.53. The van der Waals surface area contributed by atoms with Crippen molar-refractivity contribution in [1.29, 1.82) is 0 Å². The Morgan fingerprint density at radius 3 is 1.78 bits per heavy atom. The van der Waals surface area contributed by atoms with Gasteiger partial charge in [0.1, 0.15) is 0 Å². The molecule has 0 radical (unpaired) electrons. The number of alkyl halides is 1. The SMILES string of the molecule is CC1(C)CC(Oc2nc(NO)nc([I-]C3CC(C)(C)N([OH2+])C(C)(C)C3)n2)CC(C)(C)N1[OH2+]. The number of rotatable bonds is 5. The molecule has 6 N–H and O–H groups in total. The molecule has 11 heteroatoms. The molecule has 2 aliphatic heterocycles. The number of hydroxylamine groups is 4. The molecule has 32 heavy (non-hydrogen) atoms. The predicted octanol–water partition coefficient (Wildman–Crippen LogP) is -1.37. The van der Waals surface area contributed by atoms with Gasteiger partial charge in [-0.05, 0) is 0 Å². The summed E-state index contributed by atoms with van der Waals surface area (Å²) < 4.78 is 7.29. The van der Waals surface area contributed by atoms with E-state index in [2.05, 4.69) is 48.1 Å². The summed E-state index contributed by atoms with van der Waals surface area (Å²) in [4.78, 5) is 13.3. The van der Waals surface area contributed by atoms with Crippen LogP contribution >= 0.6 is 0 Å². The molecule has 0 atom stereocenters. The average molecular weight is 567 g/mol. The molecule has 3 heterocycles. The molecular formula is C21H40IN6O4+. The maximum absolute atomic E-state index is 9.49. The molecule has 2 fully saturated rings. The van der Waals surface area contributed by atoms with Gasteiger partial charge in [-0.1, -0.05) is 0 Å². The first kappa shape index (κ1) is 25.8. The second-order valence-corrected chi connectivity index (χ2v) is 14.9. The Morgan fingerprint density at radius 1 is 0.844 bits per heavy atom. The van der Waals surface area contributed by atoms with Gasteiger partial charge in [0, 0.05) is 0 Å². The van der Waals surface area contributed by atoms with Crippen molar-refractivity contribution in [2.75, 3.05) is 5.48 Å². The van der Waals surface area contributed by atoms with E-state index in [4.69, 9.17) is 15.2 Å². The standard InChI is InChI=1S/C21H38IN6O4/c1-18(2)9-13(10-19(3,4)27(18)30)22-15-23-16(26-29)25-17(24-15)32-14-11-20(5,6)28(31)21(7,8)12-14/h13-14,29-31H,9-12H2,1-8H3,(H,23,24,25,26)/q-1/p+2. The first-order chi connectivity index (χ1) is 14.6. The molecule has 1 aromatic heterocycles. The van der Waals surface area contributed by atoms with Crippen LogP contribution in [0.5, 0.6) is 6.01 Å². The van der Waals surface area contributed by atoms with Crippen LogP contribution in [0.1, 0.15) is 81.1 Å². The van der Waals surface area contributed by atoms with E-state index in [-0.39, 0.29) is 40.2 Å². The van der Waals surface area contributed by atoms with Crippen LogP contribution in [0.15, 0.2) is 0 Å². The van der Waals surface area contributed by atoms with E-state index in [9.17, 15) is 5.21 Å². The Kier molecular flexibility index (Phi) is 7.03. The van der Waals surface area contributed by atoms with Crippen LogP contribution in [0.25, 0.3) is 0 Å². The molecule has 2 saturated heterocycles. The number of ether oxygens (including phenoxy) is 1. The van der Waals surface area contributed by atoms with Crippen molar-refractivity contribution in [2.45, 2.75) is 113 Å². The number of hydrogen-bond acceptors (Lipinski definition) is 8. The number of halogens is 1. The summed E-state index contributed by atoms with van der Waals surface area (Å²) in [6.07, 6.45) is 3.04. The van der Waals surface area contributed by atoms with E-state index in [0.29, 0.717) is 20.6 Å². The number of nitrogens with zero attached hydrogens (tertiary/aromatic N) is 5. The van der Waals surface area contributed by atoms with E-state index in [1.54, 1.807) is 10.1 Å². The zero-order chi connectivity index (χ0) is 24.1. The van der Waals surface area contributed by atoms with Crippen LogP contribution in [0, 0.1) is 3.83 Å². The number of piperidine rings is 2. The van der Waals surface area contributed by atoms with Crippen molar-refractivity contribution >= 4 is 5.95 Å². The van der Waals surface area contributed by atoms with E-state index in [1.807, 2.05) is 27.7 Å². The fourth-order valence-electron chi connectivity index (χ4n) is 5.28. The Bertz CT molecular complexity index is 736. The van der Waals surface area contributed by atoms with Gasteiger partial charge < -0.3 is 0 Å². The first-order valence-corrected chi connectivity index (χ1v) is 13.4. The van der Waals surface area contributed by atoms with Crippen molar-refractivity contribution in [3.63, 3.8) is 0 Å². The average Bonchev–Trinajstić information content (AvgIpc) is 2.63. The van der Waals surface area contributed by atoms with Crippen molar-refractivity contribution in [2.24, 2.45) is 0 Å². The van der Waals surface area contributed by atoms with Gasteiger partial charge in [0.05, 0.1) is 0 Å². The summed E-state index contributed by atoms with van der Waals surface area (Å²) in [5.74, 6) is 0.0950. The van der Waals surface area contributed by atoms with Gasteiger partial charge in [0.2, 0.25) is 0 Å². The van der Waals surface area contributed by atoms with Crippen molar-refractivity contribution in [3.8, 4) is 6.01 Å². The third-order valence-corrected chi connectivity index (χ3v) is 9.33. The molecule has 0 bridgehead atoms. The summed E-state index contributed by atoms with van der Waals surface area (Å²) in [7, 11) is 0. The van der Waals surface area contributed by atoms with Crippen LogP contribution in [0.4, 0.5) is 5.95 Å². The molecule has 0 unspecified atom stereocenters. The Morgan fingerprint density at radius 2 is 1.31 bits per heavy atom. The third kappa shape index (κ3) is 5.44. The van der Waals surface area contributed by atoms with E-state index in [0.717, 1.165) is 12.8 Å². The van der Waals surface area contributed by atoms with Crippen LogP contribution in [-0.4, -0.2) is 72.9 Å². The molecule has 0 aliphatic carbocycles. The molecular weight excluding hydrogens is 527 g/mol. The topological polar surface area (TPSA) is 132 Å². The molecule has 184 valence electrons. The molecule has 0 saturated carbocycles. The van der Waals surface area contributed by atoms with Gasteiger partial charge in [-0.25, -0.2) is 0 Å². The number of hydrogen-bond donors (Lipinski definition) is 2. The normalized spacial score (nSPS) is 26.2. The van der Waals surface area contributed by atoms with Gasteiger partial charge in [-0.3, -0.25) is 0 Å². The maximum atomic E-state index is 9.49. The van der Waals surface area contributed by atoms with E-state index >= 15 is 0 Å². The summed E-state index contributed by atoms with van der Waals surface area (Å²) in [6, 6.07) is 0.220. The van der Waals surface area contributed by atoms with E-state index < -0.39 is 21.2 Å².